The van der Waals surface area contributed by atoms with Crippen LogP contribution in [0.3, 0.4) is 0 Å². The maximum Gasteiger partial charge on any atom is 0.433 e. The van der Waals surface area contributed by atoms with E-state index in [1.165, 1.54) is 0 Å². The second-order valence-electron chi connectivity index (χ2n) is 3.91. The highest BCUT2D eigenvalue weighted by molar-refractivity contribution is 5.76. The minimum absolute atomic E-state index is 0.0925. The molecule has 0 spiro atoms. The molecule has 96 valence electrons. The maximum absolute atomic E-state index is 12.8. The molecule has 18 heavy (non-hydrogen) atoms. The number of nitrogen functional groups attached to an aromatic ring is 1. The smallest absolute Gasteiger partial charge is 0.382 e. The summed E-state index contributed by atoms with van der Waals surface area (Å²) in [5, 5.41) is 5.38. The molecule has 0 saturated carbocycles. The number of nitrogens with zero attached hydrogens (tertiary/aromatic N) is 1. The standard InChI is InChI=1S/C12H12F3N3/c1-2-7-3-5-8(6-4-7)9-10(12(13,14)15)17-18-11(9)16/h3-6H,2H2,1H3,(H3,16,17,18). The summed E-state index contributed by atoms with van der Waals surface area (Å²) in [7, 11) is 0. The van der Waals surface area contributed by atoms with Crippen LogP contribution in [-0.4, -0.2) is 10.2 Å². The first-order chi connectivity index (χ1) is 8.43. The molecule has 1 aromatic heterocycles. The van der Waals surface area contributed by atoms with Crippen molar-refractivity contribution in [3.05, 3.63) is 35.5 Å². The van der Waals surface area contributed by atoms with Crippen LogP contribution in [0, 0.1) is 0 Å². The molecule has 0 fully saturated rings. The fraction of sp³-hybridized carbons (Fsp3) is 0.250. The highest BCUT2D eigenvalue weighted by Gasteiger charge is 2.37. The van der Waals surface area contributed by atoms with Crippen molar-refractivity contribution in [2.24, 2.45) is 0 Å². The molecule has 0 bridgehead atoms. The summed E-state index contributed by atoms with van der Waals surface area (Å²) in [6.07, 6.45) is -3.67. The third-order valence-electron chi connectivity index (χ3n) is 2.73. The second kappa shape index (κ2) is 4.36. The van der Waals surface area contributed by atoms with Crippen LogP contribution >= 0.6 is 0 Å². The SMILES string of the molecule is CCc1ccc(-c2c(N)n[nH]c2C(F)(F)F)cc1. The third-order valence-corrected chi connectivity index (χ3v) is 2.73. The van der Waals surface area contributed by atoms with Gasteiger partial charge in [0, 0.05) is 0 Å². The van der Waals surface area contributed by atoms with Gasteiger partial charge in [0.2, 0.25) is 0 Å². The van der Waals surface area contributed by atoms with E-state index in [0.717, 1.165) is 12.0 Å². The zero-order valence-electron chi connectivity index (χ0n) is 9.67. The molecule has 3 N–H and O–H groups in total. The van der Waals surface area contributed by atoms with Crippen molar-refractivity contribution in [3.8, 4) is 11.1 Å². The third kappa shape index (κ3) is 2.18. The summed E-state index contributed by atoms with van der Waals surface area (Å²) in [5.41, 5.74) is 5.95. The normalized spacial score (nSPS) is 11.8. The van der Waals surface area contributed by atoms with Crippen LogP contribution in [-0.2, 0) is 12.6 Å². The van der Waals surface area contributed by atoms with Gasteiger partial charge in [-0.2, -0.15) is 18.3 Å². The van der Waals surface area contributed by atoms with Gasteiger partial charge in [0.1, 0.15) is 5.69 Å². The number of anilines is 1. The largest absolute Gasteiger partial charge is 0.433 e. The van der Waals surface area contributed by atoms with Crippen molar-refractivity contribution < 1.29 is 13.2 Å². The van der Waals surface area contributed by atoms with Gasteiger partial charge in [0.15, 0.2) is 5.82 Å². The number of hydrogen-bond acceptors (Lipinski definition) is 2. The Morgan fingerprint density at radius 1 is 1.22 bits per heavy atom. The van der Waals surface area contributed by atoms with Gasteiger partial charge in [-0.1, -0.05) is 31.2 Å². The molecule has 3 nitrogen and oxygen atoms in total. The quantitative estimate of drug-likeness (QED) is 0.865. The van der Waals surface area contributed by atoms with Gasteiger partial charge < -0.3 is 5.73 Å². The van der Waals surface area contributed by atoms with Crippen molar-refractivity contribution in [2.75, 3.05) is 5.73 Å². The van der Waals surface area contributed by atoms with Gasteiger partial charge in [-0.05, 0) is 17.5 Å². The molecule has 0 aliphatic heterocycles. The van der Waals surface area contributed by atoms with Gasteiger partial charge in [-0.15, -0.1) is 0 Å². The number of nitrogens with one attached hydrogen (secondary N) is 1. The number of aromatic amines is 1. The van der Waals surface area contributed by atoms with Crippen LogP contribution in [0.4, 0.5) is 19.0 Å². The first-order valence-corrected chi connectivity index (χ1v) is 5.43. The zero-order chi connectivity index (χ0) is 13.3. The summed E-state index contributed by atoms with van der Waals surface area (Å²) in [4.78, 5) is 0. The van der Waals surface area contributed by atoms with E-state index in [0.29, 0.717) is 5.56 Å². The van der Waals surface area contributed by atoms with Crippen LogP contribution in [0.5, 0.6) is 0 Å². The fourth-order valence-corrected chi connectivity index (χ4v) is 1.76. The monoisotopic (exact) mass is 255 g/mol. The Morgan fingerprint density at radius 3 is 2.33 bits per heavy atom. The zero-order valence-corrected chi connectivity index (χ0v) is 9.67. The van der Waals surface area contributed by atoms with E-state index in [-0.39, 0.29) is 11.4 Å². The highest BCUT2D eigenvalue weighted by atomic mass is 19.4. The second-order valence-corrected chi connectivity index (χ2v) is 3.91. The number of hydrogen-bond donors (Lipinski definition) is 2. The predicted octanol–water partition coefficient (Wildman–Crippen LogP) is 3.24. The number of H-pyrrole nitrogens is 1. The number of aromatic nitrogens is 2. The van der Waals surface area contributed by atoms with E-state index >= 15 is 0 Å². The van der Waals surface area contributed by atoms with Crippen molar-refractivity contribution in [3.63, 3.8) is 0 Å². The minimum Gasteiger partial charge on any atom is -0.382 e. The highest BCUT2D eigenvalue weighted by Crippen LogP contribution is 2.38. The fourth-order valence-electron chi connectivity index (χ4n) is 1.76. The van der Waals surface area contributed by atoms with E-state index < -0.39 is 11.9 Å². The molecule has 0 aliphatic carbocycles. The van der Waals surface area contributed by atoms with E-state index in [4.69, 9.17) is 5.73 Å². The number of halogens is 3. The average molecular weight is 255 g/mol. The lowest BCUT2D eigenvalue weighted by Gasteiger charge is -2.08. The first kappa shape index (κ1) is 12.5. The Hall–Kier alpha value is -1.98. The van der Waals surface area contributed by atoms with Crippen molar-refractivity contribution in [1.29, 1.82) is 0 Å². The number of nitrogens with two attached hydrogens (primary N) is 1. The number of aryl methyl sites for hydroxylation is 1. The van der Waals surface area contributed by atoms with Crippen LogP contribution < -0.4 is 5.73 Å². The van der Waals surface area contributed by atoms with Crippen LogP contribution in [0.2, 0.25) is 0 Å². The number of alkyl halides is 3. The molecule has 2 rings (SSSR count). The minimum atomic E-state index is -4.50. The lowest BCUT2D eigenvalue weighted by atomic mass is 10.0. The molecule has 0 aliphatic rings. The molecule has 1 heterocycles. The van der Waals surface area contributed by atoms with Gasteiger partial charge in [-0.3, -0.25) is 5.10 Å². The number of rotatable bonds is 2. The van der Waals surface area contributed by atoms with Crippen molar-refractivity contribution >= 4 is 5.82 Å². The lowest BCUT2D eigenvalue weighted by Crippen LogP contribution is -2.07. The Morgan fingerprint density at radius 2 is 1.83 bits per heavy atom. The number of benzene rings is 1. The van der Waals surface area contributed by atoms with E-state index in [1.54, 1.807) is 24.3 Å². The molecule has 2 aromatic rings. The lowest BCUT2D eigenvalue weighted by molar-refractivity contribution is -0.140. The summed E-state index contributed by atoms with van der Waals surface area (Å²) in [6, 6.07) is 6.80. The Balaban J connectivity index is 2.52. The maximum atomic E-state index is 12.8. The summed E-state index contributed by atoms with van der Waals surface area (Å²) in [6.45, 7) is 1.97. The van der Waals surface area contributed by atoms with Crippen LogP contribution in [0.25, 0.3) is 11.1 Å². The van der Waals surface area contributed by atoms with Gasteiger partial charge >= 0.3 is 6.18 Å². The topological polar surface area (TPSA) is 54.7 Å². The van der Waals surface area contributed by atoms with Crippen LogP contribution in [0.1, 0.15) is 18.2 Å². The molecular formula is C12H12F3N3. The molecule has 1 aromatic carbocycles. The van der Waals surface area contributed by atoms with E-state index in [2.05, 4.69) is 5.10 Å². The molecular weight excluding hydrogens is 243 g/mol. The molecule has 0 radical (unpaired) electrons. The molecule has 0 unspecified atom stereocenters. The van der Waals surface area contributed by atoms with Crippen LogP contribution in [0.15, 0.2) is 24.3 Å². The van der Waals surface area contributed by atoms with Crippen molar-refractivity contribution in [2.45, 2.75) is 19.5 Å². The Bertz CT molecular complexity index is 541. The first-order valence-electron chi connectivity index (χ1n) is 5.43. The Labute approximate surface area is 102 Å². The summed E-state index contributed by atoms with van der Waals surface area (Å²) in [5.74, 6) is -0.147. The molecule has 0 saturated heterocycles. The molecule has 0 atom stereocenters. The van der Waals surface area contributed by atoms with Gasteiger partial charge in [-0.25, -0.2) is 0 Å². The Kier molecular flexibility index (Phi) is 3.02. The summed E-state index contributed by atoms with van der Waals surface area (Å²) < 4.78 is 38.3. The molecule has 6 heteroatoms. The van der Waals surface area contributed by atoms with E-state index in [1.807, 2.05) is 12.0 Å². The van der Waals surface area contributed by atoms with Crippen molar-refractivity contribution in [1.82, 2.24) is 10.2 Å². The van der Waals surface area contributed by atoms with Gasteiger partial charge in [0.05, 0.1) is 5.56 Å². The molecule has 0 amide bonds. The predicted molar refractivity (Wildman–Crippen MR) is 62.8 cm³/mol. The summed E-state index contributed by atoms with van der Waals surface area (Å²) >= 11 is 0. The van der Waals surface area contributed by atoms with Gasteiger partial charge in [0.25, 0.3) is 0 Å². The average Bonchev–Trinajstić information content (AvgIpc) is 2.71. The van der Waals surface area contributed by atoms with E-state index in [9.17, 15) is 13.2 Å².